The lowest BCUT2D eigenvalue weighted by Crippen LogP contribution is -2.20. The van der Waals surface area contributed by atoms with Crippen LogP contribution in [0.4, 0.5) is 5.69 Å². The number of anilines is 1. The summed E-state index contributed by atoms with van der Waals surface area (Å²) in [4.78, 5) is 12.3. The van der Waals surface area contributed by atoms with E-state index in [1.165, 1.54) is 4.68 Å². The average molecular weight is 343 g/mol. The summed E-state index contributed by atoms with van der Waals surface area (Å²) in [6, 6.07) is 11.0. The van der Waals surface area contributed by atoms with Gasteiger partial charge in [0.2, 0.25) is 10.7 Å². The van der Waals surface area contributed by atoms with Gasteiger partial charge in [-0.3, -0.25) is 9.47 Å². The fraction of sp³-hybridized carbons (Fsp3) is 0.188. The molecular formula is C16H17N5O2S. The van der Waals surface area contributed by atoms with Gasteiger partial charge < -0.3 is 10.1 Å². The molecule has 7 nitrogen and oxygen atoms in total. The number of carbonyl (C=O) groups excluding carboxylic acids is 1. The minimum Gasteiger partial charge on any atom is -0.497 e. The molecule has 3 aromatic rings. The van der Waals surface area contributed by atoms with Crippen molar-refractivity contribution in [1.29, 1.82) is 0 Å². The van der Waals surface area contributed by atoms with E-state index in [1.807, 2.05) is 48.3 Å². The molecular weight excluding hydrogens is 326 g/mol. The lowest BCUT2D eigenvalue weighted by Gasteiger charge is -2.07. The summed E-state index contributed by atoms with van der Waals surface area (Å²) in [5.74, 6) is 1.17. The van der Waals surface area contributed by atoms with Crippen LogP contribution in [0.15, 0.2) is 48.8 Å². The lowest BCUT2D eigenvalue weighted by atomic mass is 10.3. The molecule has 0 saturated carbocycles. The molecule has 0 atom stereocenters. The smallest absolute Gasteiger partial charge is 0.246 e. The van der Waals surface area contributed by atoms with Crippen LogP contribution in [0.2, 0.25) is 0 Å². The predicted molar refractivity (Wildman–Crippen MR) is 92.6 cm³/mol. The molecule has 1 amide bonds. The summed E-state index contributed by atoms with van der Waals surface area (Å²) in [6.07, 6.45) is 3.73. The first-order valence-corrected chi connectivity index (χ1v) is 7.73. The van der Waals surface area contributed by atoms with Crippen molar-refractivity contribution in [2.24, 2.45) is 0 Å². The van der Waals surface area contributed by atoms with Crippen molar-refractivity contribution in [2.75, 3.05) is 12.4 Å². The van der Waals surface area contributed by atoms with Gasteiger partial charge in [0.05, 0.1) is 7.11 Å². The first-order valence-electron chi connectivity index (χ1n) is 7.32. The zero-order chi connectivity index (χ0) is 17.1. The van der Waals surface area contributed by atoms with Crippen LogP contribution < -0.4 is 10.1 Å². The second-order valence-corrected chi connectivity index (χ2v) is 5.51. The number of aromatic nitrogens is 4. The molecule has 2 heterocycles. The van der Waals surface area contributed by atoms with Crippen molar-refractivity contribution in [2.45, 2.75) is 13.5 Å². The maximum atomic E-state index is 12.3. The number of hydrogen-bond acceptors (Lipinski definition) is 4. The summed E-state index contributed by atoms with van der Waals surface area (Å²) in [5, 5.41) is 7.16. The number of rotatable bonds is 5. The molecule has 0 aliphatic rings. The summed E-state index contributed by atoms with van der Waals surface area (Å²) in [7, 11) is 1.58. The van der Waals surface area contributed by atoms with Crippen LogP contribution in [0.3, 0.4) is 0 Å². The minimum atomic E-state index is -0.212. The predicted octanol–water partition coefficient (Wildman–Crippen LogP) is 2.48. The summed E-state index contributed by atoms with van der Waals surface area (Å²) in [6.45, 7) is 1.87. The summed E-state index contributed by atoms with van der Waals surface area (Å²) in [5.41, 5.74) is 0.660. The Bertz CT molecular complexity index is 911. The largest absolute Gasteiger partial charge is 0.497 e. The Kier molecular flexibility index (Phi) is 4.48. The highest BCUT2D eigenvalue weighted by atomic mass is 32.1. The van der Waals surface area contributed by atoms with Gasteiger partial charge in [0.1, 0.15) is 18.1 Å². The molecule has 0 fully saturated rings. The van der Waals surface area contributed by atoms with Crippen LogP contribution in [0.1, 0.15) is 5.82 Å². The quantitative estimate of drug-likeness (QED) is 0.723. The number of nitrogens with zero attached hydrogens (tertiary/aromatic N) is 4. The number of benzene rings is 1. The molecule has 124 valence electrons. The molecule has 0 radical (unpaired) electrons. The Morgan fingerprint density at radius 2 is 2.04 bits per heavy atom. The third kappa shape index (κ3) is 3.23. The van der Waals surface area contributed by atoms with E-state index in [0.29, 0.717) is 22.0 Å². The van der Waals surface area contributed by atoms with Gasteiger partial charge in [0.15, 0.2) is 0 Å². The van der Waals surface area contributed by atoms with Crippen molar-refractivity contribution in [3.8, 4) is 5.75 Å². The van der Waals surface area contributed by atoms with Gasteiger partial charge in [-0.2, -0.15) is 5.10 Å². The molecule has 8 heteroatoms. The van der Waals surface area contributed by atoms with Crippen molar-refractivity contribution >= 4 is 23.8 Å². The number of ether oxygens (including phenoxy) is 1. The molecule has 3 rings (SSSR count). The van der Waals surface area contributed by atoms with E-state index in [-0.39, 0.29) is 12.5 Å². The van der Waals surface area contributed by atoms with E-state index in [1.54, 1.807) is 23.9 Å². The average Bonchev–Trinajstić information content (AvgIpc) is 3.16. The van der Waals surface area contributed by atoms with E-state index < -0.39 is 0 Å². The monoisotopic (exact) mass is 343 g/mol. The van der Waals surface area contributed by atoms with Gasteiger partial charge in [0.25, 0.3) is 0 Å². The number of nitrogens with one attached hydrogen (secondary N) is 1. The Morgan fingerprint density at radius 3 is 2.75 bits per heavy atom. The second kappa shape index (κ2) is 6.71. The first-order chi connectivity index (χ1) is 11.6. The fourth-order valence-electron chi connectivity index (χ4n) is 2.37. The third-order valence-electron chi connectivity index (χ3n) is 3.44. The van der Waals surface area contributed by atoms with Crippen LogP contribution in [0, 0.1) is 11.7 Å². The van der Waals surface area contributed by atoms with Crippen LogP contribution in [0.25, 0.3) is 0 Å². The van der Waals surface area contributed by atoms with Crippen LogP contribution >= 0.6 is 12.2 Å². The Hall–Kier alpha value is -2.87. The maximum Gasteiger partial charge on any atom is 0.246 e. The number of hydrogen-bond donors (Lipinski definition) is 1. The van der Waals surface area contributed by atoms with Gasteiger partial charge in [0, 0.05) is 24.1 Å². The molecule has 0 bridgehead atoms. The third-order valence-corrected chi connectivity index (χ3v) is 3.82. The first kappa shape index (κ1) is 16.0. The van der Waals surface area contributed by atoms with Crippen molar-refractivity contribution in [3.63, 3.8) is 0 Å². The normalized spacial score (nSPS) is 10.6. The second-order valence-electron chi connectivity index (χ2n) is 5.14. The molecule has 24 heavy (non-hydrogen) atoms. The van der Waals surface area contributed by atoms with Gasteiger partial charge in [-0.25, -0.2) is 9.36 Å². The standard InChI is InChI=1S/C16H17N5O2S/c1-12-18-20(16(24)21(12)19-8-3-4-9-19)11-15(22)17-13-6-5-7-14(10-13)23-2/h3-10H,11H2,1-2H3,(H,17,22). The minimum absolute atomic E-state index is 0.0329. The van der Waals surface area contributed by atoms with E-state index in [0.717, 1.165) is 0 Å². The zero-order valence-corrected chi connectivity index (χ0v) is 14.2. The highest BCUT2D eigenvalue weighted by molar-refractivity contribution is 7.71. The lowest BCUT2D eigenvalue weighted by molar-refractivity contribution is -0.116. The Balaban J connectivity index is 1.78. The van der Waals surface area contributed by atoms with Crippen molar-refractivity contribution in [3.05, 3.63) is 59.4 Å². The molecule has 0 unspecified atom stereocenters. The van der Waals surface area contributed by atoms with E-state index in [2.05, 4.69) is 10.4 Å². The van der Waals surface area contributed by atoms with Gasteiger partial charge in [-0.1, -0.05) is 6.07 Å². The molecule has 2 aromatic heterocycles. The van der Waals surface area contributed by atoms with E-state index in [4.69, 9.17) is 17.0 Å². The van der Waals surface area contributed by atoms with Crippen molar-refractivity contribution in [1.82, 2.24) is 19.1 Å². The fourth-order valence-corrected chi connectivity index (χ4v) is 2.70. The number of aryl methyl sites for hydroxylation is 1. The molecule has 0 aliphatic heterocycles. The van der Waals surface area contributed by atoms with E-state index >= 15 is 0 Å². The van der Waals surface area contributed by atoms with Gasteiger partial charge in [-0.15, -0.1) is 0 Å². The van der Waals surface area contributed by atoms with E-state index in [9.17, 15) is 4.79 Å². The number of methoxy groups -OCH3 is 1. The molecule has 0 spiro atoms. The zero-order valence-electron chi connectivity index (χ0n) is 13.3. The van der Waals surface area contributed by atoms with Crippen LogP contribution in [-0.4, -0.2) is 32.1 Å². The highest BCUT2D eigenvalue weighted by Gasteiger charge is 2.11. The number of carbonyl (C=O) groups is 1. The van der Waals surface area contributed by atoms with Gasteiger partial charge in [-0.05, 0) is 43.4 Å². The molecule has 0 saturated heterocycles. The Morgan fingerprint density at radius 1 is 1.29 bits per heavy atom. The SMILES string of the molecule is COc1cccc(NC(=O)Cn2nc(C)n(-n3cccc3)c2=S)c1. The number of amides is 1. The summed E-state index contributed by atoms with van der Waals surface area (Å²) < 4.78 is 10.7. The topological polar surface area (TPSA) is 66.0 Å². The summed E-state index contributed by atoms with van der Waals surface area (Å²) >= 11 is 5.43. The molecule has 0 aliphatic carbocycles. The van der Waals surface area contributed by atoms with Crippen LogP contribution in [0.5, 0.6) is 5.75 Å². The molecule has 1 aromatic carbocycles. The van der Waals surface area contributed by atoms with Crippen molar-refractivity contribution < 1.29 is 9.53 Å². The van der Waals surface area contributed by atoms with Crippen LogP contribution in [-0.2, 0) is 11.3 Å². The molecule has 1 N–H and O–H groups in total. The highest BCUT2D eigenvalue weighted by Crippen LogP contribution is 2.16. The van der Waals surface area contributed by atoms with Gasteiger partial charge >= 0.3 is 0 Å². The Labute approximate surface area is 144 Å². The maximum absolute atomic E-state index is 12.3.